The number of carbonyl (C=O) groups excluding carboxylic acids is 3. The number of amides is 3. The van der Waals surface area contributed by atoms with Gasteiger partial charge in [-0.15, -0.1) is 0 Å². The van der Waals surface area contributed by atoms with E-state index in [1.807, 2.05) is 68.4 Å². The van der Waals surface area contributed by atoms with E-state index in [0.717, 1.165) is 28.1 Å². The van der Waals surface area contributed by atoms with E-state index >= 15 is 0 Å². The molecule has 182 valence electrons. The van der Waals surface area contributed by atoms with Crippen LogP contribution in [-0.2, 0) is 14.4 Å². The molecule has 1 fully saturated rings. The van der Waals surface area contributed by atoms with Crippen LogP contribution in [0.1, 0.15) is 31.0 Å². The van der Waals surface area contributed by atoms with Gasteiger partial charge in [-0.3, -0.25) is 14.4 Å². The van der Waals surface area contributed by atoms with Gasteiger partial charge in [0.15, 0.2) is 0 Å². The van der Waals surface area contributed by atoms with Crippen molar-refractivity contribution in [3.63, 3.8) is 0 Å². The van der Waals surface area contributed by atoms with Crippen LogP contribution in [0.5, 0.6) is 0 Å². The van der Waals surface area contributed by atoms with E-state index in [2.05, 4.69) is 5.32 Å². The fraction of sp³-hybridized carbons (Fsp3) is 0.333. The Bertz CT molecular complexity index is 1210. The zero-order valence-electron chi connectivity index (χ0n) is 20.5. The van der Waals surface area contributed by atoms with E-state index in [9.17, 15) is 14.4 Å². The molecule has 8 nitrogen and oxygen atoms in total. The van der Waals surface area contributed by atoms with Gasteiger partial charge in [0.2, 0.25) is 17.7 Å². The zero-order chi connectivity index (χ0) is 24.9. The lowest BCUT2D eigenvalue weighted by atomic mass is 10.1. The lowest BCUT2D eigenvalue weighted by molar-refractivity contribution is -0.138. The number of piperazine rings is 1. The molecule has 0 atom stereocenters. The topological polar surface area (TPSA) is 87.5 Å². The second-order valence-electron chi connectivity index (χ2n) is 8.86. The molecule has 2 aromatic carbocycles. The third-order valence-corrected chi connectivity index (χ3v) is 6.30. The molecule has 3 amide bonds. The standard InChI is InChI=1S/C27H31N5O3/c1-19-9-11-23(12-10-19)32-27(26(20(2)29-32)22-7-5-4-6-8-22)28-24(34)13-14-25(35)31-17-15-30(16-18-31)21(3)33/h4-12H,13-18H2,1-3H3,(H,28,34). The van der Waals surface area contributed by atoms with Gasteiger partial charge in [-0.25, -0.2) is 4.68 Å². The number of nitrogens with one attached hydrogen (secondary N) is 1. The summed E-state index contributed by atoms with van der Waals surface area (Å²) in [4.78, 5) is 40.6. The van der Waals surface area contributed by atoms with Crippen molar-refractivity contribution in [3.05, 3.63) is 65.9 Å². The first-order valence-corrected chi connectivity index (χ1v) is 11.9. The average Bonchev–Trinajstić information content (AvgIpc) is 3.18. The smallest absolute Gasteiger partial charge is 0.226 e. The Balaban J connectivity index is 1.50. The SMILES string of the molecule is CC(=O)N1CCN(C(=O)CCC(=O)Nc2c(-c3ccccc3)c(C)nn2-c2ccc(C)cc2)CC1. The van der Waals surface area contributed by atoms with E-state index in [1.54, 1.807) is 14.5 Å². The molecule has 4 rings (SSSR count). The summed E-state index contributed by atoms with van der Waals surface area (Å²) in [5, 5.41) is 7.75. The summed E-state index contributed by atoms with van der Waals surface area (Å²) in [6.45, 7) is 7.54. The highest BCUT2D eigenvalue weighted by Gasteiger charge is 2.24. The van der Waals surface area contributed by atoms with E-state index in [-0.39, 0.29) is 30.6 Å². The lowest BCUT2D eigenvalue weighted by Crippen LogP contribution is -2.50. The van der Waals surface area contributed by atoms with Crippen molar-refractivity contribution >= 4 is 23.5 Å². The van der Waals surface area contributed by atoms with Gasteiger partial charge in [0, 0.05) is 51.5 Å². The van der Waals surface area contributed by atoms with Crippen LogP contribution in [0.25, 0.3) is 16.8 Å². The van der Waals surface area contributed by atoms with Crippen LogP contribution in [0, 0.1) is 13.8 Å². The molecule has 0 bridgehead atoms. The largest absolute Gasteiger partial charge is 0.339 e. The molecule has 0 radical (unpaired) electrons. The van der Waals surface area contributed by atoms with Gasteiger partial charge >= 0.3 is 0 Å². The Morgan fingerprint density at radius 3 is 2.11 bits per heavy atom. The third-order valence-electron chi connectivity index (χ3n) is 6.30. The Morgan fingerprint density at radius 2 is 1.49 bits per heavy atom. The fourth-order valence-electron chi connectivity index (χ4n) is 4.31. The molecule has 35 heavy (non-hydrogen) atoms. The lowest BCUT2D eigenvalue weighted by Gasteiger charge is -2.34. The molecule has 2 heterocycles. The summed E-state index contributed by atoms with van der Waals surface area (Å²) >= 11 is 0. The molecule has 3 aromatic rings. The van der Waals surface area contributed by atoms with Gasteiger partial charge in [-0.05, 0) is 31.5 Å². The highest BCUT2D eigenvalue weighted by Crippen LogP contribution is 2.33. The summed E-state index contributed by atoms with van der Waals surface area (Å²) in [6, 6.07) is 17.8. The molecule has 0 aliphatic carbocycles. The maximum atomic E-state index is 13.0. The van der Waals surface area contributed by atoms with Gasteiger partial charge < -0.3 is 15.1 Å². The van der Waals surface area contributed by atoms with Crippen molar-refractivity contribution in [1.82, 2.24) is 19.6 Å². The van der Waals surface area contributed by atoms with Gasteiger partial charge in [-0.1, -0.05) is 48.0 Å². The van der Waals surface area contributed by atoms with Gasteiger partial charge in [0.25, 0.3) is 0 Å². The van der Waals surface area contributed by atoms with Crippen LogP contribution in [0.15, 0.2) is 54.6 Å². The summed E-state index contributed by atoms with van der Waals surface area (Å²) in [5.74, 6) is 0.289. The minimum atomic E-state index is -0.244. The summed E-state index contributed by atoms with van der Waals surface area (Å²) in [5.41, 5.74) is 4.58. The van der Waals surface area contributed by atoms with Crippen LogP contribution in [0.2, 0.25) is 0 Å². The quantitative estimate of drug-likeness (QED) is 0.593. The highest BCUT2D eigenvalue weighted by atomic mass is 16.2. The maximum absolute atomic E-state index is 13.0. The first-order chi connectivity index (χ1) is 16.8. The number of aromatic nitrogens is 2. The first-order valence-electron chi connectivity index (χ1n) is 11.9. The second-order valence-corrected chi connectivity index (χ2v) is 8.86. The number of nitrogens with zero attached hydrogens (tertiary/aromatic N) is 4. The molecule has 1 saturated heterocycles. The van der Waals surface area contributed by atoms with Crippen molar-refractivity contribution < 1.29 is 14.4 Å². The highest BCUT2D eigenvalue weighted by molar-refractivity contribution is 5.97. The maximum Gasteiger partial charge on any atom is 0.226 e. The van der Waals surface area contributed by atoms with E-state index in [0.29, 0.717) is 32.0 Å². The minimum absolute atomic E-state index is 0.0196. The van der Waals surface area contributed by atoms with E-state index in [1.165, 1.54) is 6.92 Å². The summed E-state index contributed by atoms with van der Waals surface area (Å²) < 4.78 is 1.75. The normalized spacial score (nSPS) is 13.6. The van der Waals surface area contributed by atoms with Gasteiger partial charge in [-0.2, -0.15) is 5.10 Å². The number of benzene rings is 2. The molecule has 0 spiro atoms. The summed E-state index contributed by atoms with van der Waals surface area (Å²) in [6.07, 6.45) is 0.183. The van der Waals surface area contributed by atoms with Gasteiger partial charge in [0.05, 0.1) is 11.4 Å². The van der Waals surface area contributed by atoms with Gasteiger partial charge in [0.1, 0.15) is 5.82 Å². The molecule has 1 aliphatic heterocycles. The Kier molecular flexibility index (Phi) is 7.29. The average molecular weight is 474 g/mol. The molecule has 0 unspecified atom stereocenters. The molecular formula is C27H31N5O3. The second kappa shape index (κ2) is 10.5. The van der Waals surface area contributed by atoms with Crippen LogP contribution in [-0.4, -0.2) is 63.5 Å². The van der Waals surface area contributed by atoms with Crippen molar-refractivity contribution in [3.8, 4) is 16.8 Å². The third kappa shape index (κ3) is 5.59. The Labute approximate surface area is 205 Å². The molecular weight excluding hydrogens is 442 g/mol. The molecule has 1 aromatic heterocycles. The van der Waals surface area contributed by atoms with Crippen molar-refractivity contribution in [1.29, 1.82) is 0 Å². The summed E-state index contributed by atoms with van der Waals surface area (Å²) in [7, 11) is 0. The van der Waals surface area contributed by atoms with Crippen LogP contribution >= 0.6 is 0 Å². The van der Waals surface area contributed by atoms with Crippen LogP contribution < -0.4 is 5.32 Å². The van der Waals surface area contributed by atoms with Crippen molar-refractivity contribution in [2.75, 3.05) is 31.5 Å². The van der Waals surface area contributed by atoms with E-state index < -0.39 is 0 Å². The van der Waals surface area contributed by atoms with Crippen molar-refractivity contribution in [2.45, 2.75) is 33.6 Å². The Morgan fingerprint density at radius 1 is 0.857 bits per heavy atom. The number of carbonyl (C=O) groups is 3. The zero-order valence-corrected chi connectivity index (χ0v) is 20.5. The fourth-order valence-corrected chi connectivity index (χ4v) is 4.31. The van der Waals surface area contributed by atoms with Crippen LogP contribution in [0.4, 0.5) is 5.82 Å². The monoisotopic (exact) mass is 473 g/mol. The Hall–Kier alpha value is -3.94. The number of rotatable bonds is 6. The number of aryl methyl sites for hydroxylation is 2. The minimum Gasteiger partial charge on any atom is -0.339 e. The molecule has 1 N–H and O–H groups in total. The number of hydrogen-bond donors (Lipinski definition) is 1. The van der Waals surface area contributed by atoms with Crippen molar-refractivity contribution in [2.24, 2.45) is 0 Å². The molecule has 0 saturated carbocycles. The predicted octanol–water partition coefficient (Wildman–Crippen LogP) is 3.57. The first kappa shape index (κ1) is 24.2. The molecule has 8 heteroatoms. The molecule has 1 aliphatic rings. The number of hydrogen-bond acceptors (Lipinski definition) is 4. The number of anilines is 1. The predicted molar refractivity (Wildman–Crippen MR) is 135 cm³/mol. The van der Waals surface area contributed by atoms with Crippen LogP contribution in [0.3, 0.4) is 0 Å². The van der Waals surface area contributed by atoms with E-state index in [4.69, 9.17) is 5.10 Å².